The number of benzene rings is 2. The van der Waals surface area contributed by atoms with Gasteiger partial charge in [0.1, 0.15) is 5.82 Å². The molecule has 112 valence electrons. The van der Waals surface area contributed by atoms with Crippen LogP contribution in [-0.4, -0.2) is 10.9 Å². The summed E-state index contributed by atoms with van der Waals surface area (Å²) in [5, 5.41) is 3.90. The second-order valence-corrected chi connectivity index (χ2v) is 6.32. The Kier molecular flexibility index (Phi) is 4.15. The molecule has 5 heteroatoms. The van der Waals surface area contributed by atoms with Crippen molar-refractivity contribution in [1.29, 1.82) is 0 Å². The van der Waals surface area contributed by atoms with Gasteiger partial charge in [-0.05, 0) is 49.2 Å². The number of nitrogens with zero attached hydrogens (tertiary/aromatic N) is 1. The van der Waals surface area contributed by atoms with Crippen LogP contribution in [0.15, 0.2) is 42.5 Å². The first-order valence-corrected chi connectivity index (χ1v) is 7.83. The molecule has 1 N–H and O–H groups in total. The highest BCUT2D eigenvalue weighted by Crippen LogP contribution is 2.24. The molecule has 3 nitrogen and oxygen atoms in total. The minimum absolute atomic E-state index is 0.0510. The molecule has 2 aromatic carbocycles. The van der Waals surface area contributed by atoms with Gasteiger partial charge in [-0.15, -0.1) is 11.3 Å². The lowest BCUT2D eigenvalue weighted by Crippen LogP contribution is -2.12. The maximum absolute atomic E-state index is 12.8. The van der Waals surface area contributed by atoms with Crippen molar-refractivity contribution >= 4 is 33.1 Å². The van der Waals surface area contributed by atoms with Gasteiger partial charge in [-0.1, -0.05) is 12.1 Å². The molecule has 0 aliphatic carbocycles. The van der Waals surface area contributed by atoms with Crippen molar-refractivity contribution < 1.29 is 9.18 Å². The van der Waals surface area contributed by atoms with Crippen LogP contribution in [0.25, 0.3) is 10.2 Å². The third-order valence-corrected chi connectivity index (χ3v) is 4.27. The van der Waals surface area contributed by atoms with Crippen molar-refractivity contribution in [2.45, 2.75) is 19.8 Å². The van der Waals surface area contributed by atoms with Crippen LogP contribution in [0.3, 0.4) is 0 Å². The van der Waals surface area contributed by atoms with Gasteiger partial charge in [-0.3, -0.25) is 4.79 Å². The fourth-order valence-electron chi connectivity index (χ4n) is 2.25. The van der Waals surface area contributed by atoms with E-state index in [0.717, 1.165) is 26.5 Å². The molecule has 1 aromatic heterocycles. The number of anilines is 1. The second kappa shape index (κ2) is 6.23. The minimum atomic E-state index is -0.263. The summed E-state index contributed by atoms with van der Waals surface area (Å²) in [6, 6.07) is 11.9. The van der Waals surface area contributed by atoms with Crippen molar-refractivity contribution in [3.05, 3.63) is 58.9 Å². The number of carbonyl (C=O) groups is 1. The first-order chi connectivity index (χ1) is 10.6. The zero-order chi connectivity index (χ0) is 15.5. The Balaban J connectivity index is 1.61. The fraction of sp³-hybridized carbons (Fsp3) is 0.176. The molecule has 0 aliphatic heterocycles. The highest BCUT2D eigenvalue weighted by molar-refractivity contribution is 7.18. The Morgan fingerprint density at radius 2 is 2.00 bits per heavy atom. The second-order valence-electron chi connectivity index (χ2n) is 5.09. The summed E-state index contributed by atoms with van der Waals surface area (Å²) in [5.41, 5.74) is 2.68. The number of aromatic nitrogens is 1. The molecule has 0 bridgehead atoms. The van der Waals surface area contributed by atoms with Gasteiger partial charge in [0, 0.05) is 12.1 Å². The standard InChI is InChI=1S/C17H15FN2OS/c1-11-19-15-8-7-14(10-16(15)22-11)20-17(21)9-4-12-2-5-13(18)6-3-12/h2-3,5-8,10H,4,9H2,1H3,(H,20,21). The fourth-order valence-corrected chi connectivity index (χ4v) is 3.12. The minimum Gasteiger partial charge on any atom is -0.326 e. The Morgan fingerprint density at radius 3 is 2.77 bits per heavy atom. The van der Waals surface area contributed by atoms with E-state index in [9.17, 15) is 9.18 Å². The number of aryl methyl sites for hydroxylation is 2. The van der Waals surface area contributed by atoms with E-state index in [1.165, 1.54) is 12.1 Å². The van der Waals surface area contributed by atoms with Crippen molar-refractivity contribution in [3.8, 4) is 0 Å². The average Bonchev–Trinajstić information content (AvgIpc) is 2.86. The molecule has 0 spiro atoms. The lowest BCUT2D eigenvalue weighted by atomic mass is 10.1. The lowest BCUT2D eigenvalue weighted by Gasteiger charge is -2.05. The summed E-state index contributed by atoms with van der Waals surface area (Å²) >= 11 is 1.61. The van der Waals surface area contributed by atoms with Gasteiger partial charge in [0.15, 0.2) is 0 Å². The maximum Gasteiger partial charge on any atom is 0.224 e. The van der Waals surface area contributed by atoms with Gasteiger partial charge in [0.25, 0.3) is 0 Å². The van der Waals surface area contributed by atoms with Crippen LogP contribution >= 0.6 is 11.3 Å². The topological polar surface area (TPSA) is 42.0 Å². The third-order valence-electron chi connectivity index (χ3n) is 3.33. The Morgan fingerprint density at radius 1 is 1.23 bits per heavy atom. The SMILES string of the molecule is Cc1nc2ccc(NC(=O)CCc3ccc(F)cc3)cc2s1. The average molecular weight is 314 g/mol. The van der Waals surface area contributed by atoms with Crippen LogP contribution in [0.1, 0.15) is 17.0 Å². The van der Waals surface area contributed by atoms with Crippen LogP contribution in [0, 0.1) is 12.7 Å². The molecule has 22 heavy (non-hydrogen) atoms. The number of hydrogen-bond acceptors (Lipinski definition) is 3. The van der Waals surface area contributed by atoms with Gasteiger partial charge in [-0.2, -0.15) is 0 Å². The van der Waals surface area contributed by atoms with Crippen molar-refractivity contribution in [1.82, 2.24) is 4.98 Å². The molecule has 0 fully saturated rings. The molecule has 0 unspecified atom stereocenters. The number of thiazole rings is 1. The van der Waals surface area contributed by atoms with E-state index in [2.05, 4.69) is 10.3 Å². The van der Waals surface area contributed by atoms with Crippen LogP contribution < -0.4 is 5.32 Å². The smallest absolute Gasteiger partial charge is 0.224 e. The number of carbonyl (C=O) groups excluding carboxylic acids is 1. The molecule has 0 saturated heterocycles. The van der Waals surface area contributed by atoms with E-state index < -0.39 is 0 Å². The molecule has 0 aliphatic rings. The molecular formula is C17H15FN2OS. The largest absolute Gasteiger partial charge is 0.326 e. The lowest BCUT2D eigenvalue weighted by molar-refractivity contribution is -0.116. The predicted molar refractivity (Wildman–Crippen MR) is 87.7 cm³/mol. The molecular weight excluding hydrogens is 299 g/mol. The Labute approximate surface area is 131 Å². The van der Waals surface area contributed by atoms with Crippen molar-refractivity contribution in [3.63, 3.8) is 0 Å². The van der Waals surface area contributed by atoms with Gasteiger partial charge < -0.3 is 5.32 Å². The summed E-state index contributed by atoms with van der Waals surface area (Å²) in [7, 11) is 0. The van der Waals surface area contributed by atoms with Gasteiger partial charge in [0.2, 0.25) is 5.91 Å². The van der Waals surface area contributed by atoms with Crippen LogP contribution in [0.2, 0.25) is 0 Å². The number of amides is 1. The first-order valence-electron chi connectivity index (χ1n) is 7.02. The number of nitrogens with one attached hydrogen (secondary N) is 1. The van der Waals surface area contributed by atoms with Gasteiger partial charge in [0.05, 0.1) is 15.2 Å². The van der Waals surface area contributed by atoms with Gasteiger partial charge >= 0.3 is 0 Å². The van der Waals surface area contributed by atoms with E-state index >= 15 is 0 Å². The highest BCUT2D eigenvalue weighted by Gasteiger charge is 2.06. The Hall–Kier alpha value is -2.27. The molecule has 1 heterocycles. The molecule has 0 radical (unpaired) electrons. The summed E-state index contributed by atoms with van der Waals surface area (Å²) in [5.74, 6) is -0.314. The summed E-state index contributed by atoms with van der Waals surface area (Å²) in [6.07, 6.45) is 0.958. The number of fused-ring (bicyclic) bond motifs is 1. The van der Waals surface area contributed by atoms with Crippen LogP contribution in [0.5, 0.6) is 0 Å². The molecule has 3 rings (SSSR count). The molecule has 0 saturated carbocycles. The first kappa shape index (κ1) is 14.7. The van der Waals surface area contributed by atoms with E-state index in [1.807, 2.05) is 25.1 Å². The van der Waals surface area contributed by atoms with E-state index in [0.29, 0.717) is 12.8 Å². The van der Waals surface area contributed by atoms with E-state index in [-0.39, 0.29) is 11.7 Å². The quantitative estimate of drug-likeness (QED) is 0.779. The number of rotatable bonds is 4. The predicted octanol–water partition coefficient (Wildman–Crippen LogP) is 4.32. The number of halogens is 1. The summed E-state index contributed by atoms with van der Waals surface area (Å²) < 4.78 is 13.9. The third kappa shape index (κ3) is 3.49. The monoisotopic (exact) mass is 314 g/mol. The molecule has 1 amide bonds. The van der Waals surface area contributed by atoms with Crippen molar-refractivity contribution in [2.24, 2.45) is 0 Å². The normalized spacial score (nSPS) is 10.8. The van der Waals surface area contributed by atoms with E-state index in [4.69, 9.17) is 0 Å². The molecule has 3 aromatic rings. The molecule has 0 atom stereocenters. The zero-order valence-electron chi connectivity index (χ0n) is 12.1. The maximum atomic E-state index is 12.8. The Bertz CT molecular complexity index is 811. The van der Waals surface area contributed by atoms with E-state index in [1.54, 1.807) is 23.5 Å². The zero-order valence-corrected chi connectivity index (χ0v) is 12.9. The highest BCUT2D eigenvalue weighted by atomic mass is 32.1. The van der Waals surface area contributed by atoms with Gasteiger partial charge in [-0.25, -0.2) is 9.37 Å². The van der Waals surface area contributed by atoms with Crippen LogP contribution in [-0.2, 0) is 11.2 Å². The number of hydrogen-bond donors (Lipinski definition) is 1. The summed E-state index contributed by atoms with van der Waals surface area (Å²) in [4.78, 5) is 16.4. The van der Waals surface area contributed by atoms with Crippen molar-refractivity contribution in [2.75, 3.05) is 5.32 Å². The van der Waals surface area contributed by atoms with Crippen LogP contribution in [0.4, 0.5) is 10.1 Å². The summed E-state index contributed by atoms with van der Waals surface area (Å²) in [6.45, 7) is 1.96.